The van der Waals surface area contributed by atoms with Gasteiger partial charge in [0.05, 0.1) is 0 Å². The first-order chi connectivity index (χ1) is 15.4. The van der Waals surface area contributed by atoms with Crippen molar-refractivity contribution < 1.29 is 0 Å². The van der Waals surface area contributed by atoms with Crippen LogP contribution >= 0.6 is 27.7 Å². The highest BCUT2D eigenvalue weighted by molar-refractivity contribution is 9.10. The molecule has 0 fully saturated rings. The highest BCUT2D eigenvalue weighted by Gasteiger charge is 2.23. The van der Waals surface area contributed by atoms with E-state index < -0.39 is 0 Å². The summed E-state index contributed by atoms with van der Waals surface area (Å²) in [5, 5.41) is 10.8. The zero-order valence-corrected chi connectivity index (χ0v) is 20.8. The lowest BCUT2D eigenvalue weighted by molar-refractivity contribution is 0.596. The standard InChI is InChI=1S/C30H23BrS/c1-30(2,3)23-15-12-18-13-17-25(32-19-8-5-4-6-9-19)29-21-11-7-10-20-24(31)16-14-22(27(20)21)28(23)26(18)29/h4-17H,1-3H3. The van der Waals surface area contributed by atoms with Gasteiger partial charge in [0.15, 0.2) is 0 Å². The van der Waals surface area contributed by atoms with Crippen molar-refractivity contribution in [3.63, 3.8) is 0 Å². The quantitative estimate of drug-likeness (QED) is 0.170. The molecule has 0 aromatic heterocycles. The Morgan fingerprint density at radius 2 is 1.31 bits per heavy atom. The molecule has 0 nitrogen and oxygen atoms in total. The first-order valence-electron chi connectivity index (χ1n) is 11.0. The Bertz CT molecular complexity index is 1620. The lowest BCUT2D eigenvalue weighted by Gasteiger charge is -2.25. The fraction of sp³-hybridized carbons (Fsp3) is 0.133. The van der Waals surface area contributed by atoms with E-state index in [0.29, 0.717) is 0 Å². The highest BCUT2D eigenvalue weighted by Crippen LogP contribution is 2.48. The van der Waals surface area contributed by atoms with E-state index in [-0.39, 0.29) is 5.41 Å². The van der Waals surface area contributed by atoms with Gasteiger partial charge in [-0.05, 0) is 72.9 Å². The van der Waals surface area contributed by atoms with E-state index in [1.807, 2.05) is 11.8 Å². The van der Waals surface area contributed by atoms with Crippen LogP contribution in [0.1, 0.15) is 26.3 Å². The molecule has 0 aliphatic carbocycles. The second-order valence-electron chi connectivity index (χ2n) is 9.51. The molecule has 156 valence electrons. The van der Waals surface area contributed by atoms with Crippen LogP contribution in [0.25, 0.3) is 43.1 Å². The van der Waals surface area contributed by atoms with Gasteiger partial charge in [0, 0.05) is 19.6 Å². The smallest absolute Gasteiger partial charge is 0.0254 e. The molecule has 0 N–H and O–H groups in total. The Hall–Kier alpha value is -2.55. The van der Waals surface area contributed by atoms with Crippen molar-refractivity contribution in [2.75, 3.05) is 0 Å². The SMILES string of the molecule is CC(C)(C)c1ccc2ccc(Sc3ccccc3)c3c4cccc5c(Br)ccc(c1c23)c54. The van der Waals surface area contributed by atoms with Gasteiger partial charge < -0.3 is 0 Å². The minimum atomic E-state index is 0.0506. The summed E-state index contributed by atoms with van der Waals surface area (Å²) in [7, 11) is 0. The molecule has 0 aliphatic rings. The number of fused-ring (bicyclic) bond motifs is 2. The summed E-state index contributed by atoms with van der Waals surface area (Å²) in [5.74, 6) is 0. The Balaban J connectivity index is 1.88. The second-order valence-corrected chi connectivity index (χ2v) is 11.5. The van der Waals surface area contributed by atoms with E-state index in [4.69, 9.17) is 0 Å². The molecule has 0 heterocycles. The van der Waals surface area contributed by atoms with E-state index in [1.54, 1.807) is 0 Å². The van der Waals surface area contributed by atoms with Gasteiger partial charge in [-0.3, -0.25) is 0 Å². The number of rotatable bonds is 2. The van der Waals surface area contributed by atoms with Crippen LogP contribution in [0.4, 0.5) is 0 Å². The third-order valence-corrected chi connectivity index (χ3v) is 8.21. The summed E-state index contributed by atoms with van der Waals surface area (Å²) in [4.78, 5) is 2.58. The first-order valence-corrected chi connectivity index (χ1v) is 12.6. The van der Waals surface area contributed by atoms with Gasteiger partial charge in [-0.2, -0.15) is 0 Å². The van der Waals surface area contributed by atoms with Gasteiger partial charge >= 0.3 is 0 Å². The van der Waals surface area contributed by atoms with E-state index in [9.17, 15) is 0 Å². The van der Waals surface area contributed by atoms with E-state index >= 15 is 0 Å². The van der Waals surface area contributed by atoms with Crippen molar-refractivity contribution >= 4 is 70.8 Å². The predicted molar refractivity (Wildman–Crippen MR) is 145 cm³/mol. The zero-order chi connectivity index (χ0) is 22.0. The van der Waals surface area contributed by atoms with Crippen molar-refractivity contribution in [3.05, 3.63) is 95.0 Å². The van der Waals surface area contributed by atoms with Crippen LogP contribution in [-0.2, 0) is 5.41 Å². The largest absolute Gasteiger partial charge is 0.0894 e. The maximum Gasteiger partial charge on any atom is 0.0254 e. The predicted octanol–water partition coefficient (Wildman–Crippen LogP) is 9.95. The highest BCUT2D eigenvalue weighted by atomic mass is 79.9. The average Bonchev–Trinajstić information content (AvgIpc) is 2.79. The van der Waals surface area contributed by atoms with Gasteiger partial charge in [0.25, 0.3) is 0 Å². The Morgan fingerprint density at radius 1 is 0.594 bits per heavy atom. The molecular weight excluding hydrogens is 472 g/mol. The maximum absolute atomic E-state index is 3.82. The average molecular weight is 495 g/mol. The minimum absolute atomic E-state index is 0.0506. The van der Waals surface area contributed by atoms with Gasteiger partial charge in [-0.15, -0.1) is 0 Å². The molecule has 0 bridgehead atoms. The molecule has 0 amide bonds. The maximum atomic E-state index is 3.82. The monoisotopic (exact) mass is 494 g/mol. The fourth-order valence-electron chi connectivity index (χ4n) is 5.06. The van der Waals surface area contributed by atoms with Crippen LogP contribution in [0, 0.1) is 0 Å². The third kappa shape index (κ3) is 2.97. The van der Waals surface area contributed by atoms with Gasteiger partial charge in [0.2, 0.25) is 0 Å². The van der Waals surface area contributed by atoms with Crippen molar-refractivity contribution in [1.82, 2.24) is 0 Å². The number of hydrogen-bond donors (Lipinski definition) is 0. The van der Waals surface area contributed by atoms with Crippen molar-refractivity contribution in [3.8, 4) is 0 Å². The van der Waals surface area contributed by atoms with Crippen LogP contribution in [0.5, 0.6) is 0 Å². The molecular formula is C30H23BrS. The molecule has 32 heavy (non-hydrogen) atoms. The number of halogens is 1. The van der Waals surface area contributed by atoms with Crippen LogP contribution in [0.3, 0.4) is 0 Å². The second kappa shape index (κ2) is 7.23. The van der Waals surface area contributed by atoms with E-state index in [2.05, 4.69) is 122 Å². The molecule has 6 rings (SSSR count). The van der Waals surface area contributed by atoms with E-state index in [0.717, 1.165) is 4.47 Å². The molecule has 6 aromatic rings. The summed E-state index contributed by atoms with van der Waals surface area (Å²) in [6.07, 6.45) is 0. The Labute approximate surface area is 201 Å². The Kier molecular flexibility index (Phi) is 4.54. The van der Waals surface area contributed by atoms with E-state index in [1.165, 1.54) is 58.4 Å². The fourth-order valence-corrected chi connectivity index (χ4v) is 6.52. The minimum Gasteiger partial charge on any atom is -0.0894 e. The lowest BCUT2D eigenvalue weighted by atomic mass is 9.79. The zero-order valence-electron chi connectivity index (χ0n) is 18.4. The third-order valence-electron chi connectivity index (χ3n) is 6.45. The lowest BCUT2D eigenvalue weighted by Crippen LogP contribution is -2.12. The van der Waals surface area contributed by atoms with Crippen LogP contribution < -0.4 is 0 Å². The molecule has 0 spiro atoms. The number of hydrogen-bond acceptors (Lipinski definition) is 1. The van der Waals surface area contributed by atoms with Gasteiger partial charge in [-0.1, -0.05) is 109 Å². The molecule has 0 aliphatic heterocycles. The van der Waals surface area contributed by atoms with Gasteiger partial charge in [0.1, 0.15) is 0 Å². The van der Waals surface area contributed by atoms with Crippen molar-refractivity contribution in [2.24, 2.45) is 0 Å². The molecule has 6 aromatic carbocycles. The molecule has 0 unspecified atom stereocenters. The molecule has 2 heteroatoms. The molecule has 0 atom stereocenters. The molecule has 0 radical (unpaired) electrons. The van der Waals surface area contributed by atoms with Crippen LogP contribution in [0.15, 0.2) is 99.2 Å². The van der Waals surface area contributed by atoms with Crippen molar-refractivity contribution in [1.29, 1.82) is 0 Å². The molecule has 0 saturated carbocycles. The summed E-state index contributed by atoms with van der Waals surface area (Å²) in [5.41, 5.74) is 1.46. The first kappa shape index (κ1) is 20.1. The number of benzene rings is 6. The van der Waals surface area contributed by atoms with Crippen LogP contribution in [-0.4, -0.2) is 0 Å². The summed E-state index contributed by atoms with van der Waals surface area (Å²) >= 11 is 5.68. The molecule has 0 saturated heterocycles. The topological polar surface area (TPSA) is 0 Å². The summed E-state index contributed by atoms with van der Waals surface area (Å²) in [6.45, 7) is 6.97. The normalized spacial score (nSPS) is 12.5. The Morgan fingerprint density at radius 3 is 2.09 bits per heavy atom. The van der Waals surface area contributed by atoms with Gasteiger partial charge in [-0.25, -0.2) is 0 Å². The summed E-state index contributed by atoms with van der Waals surface area (Å²) in [6, 6.07) is 31.2. The van der Waals surface area contributed by atoms with Crippen LogP contribution in [0.2, 0.25) is 0 Å². The summed E-state index contributed by atoms with van der Waals surface area (Å²) < 4.78 is 1.15. The van der Waals surface area contributed by atoms with Crippen molar-refractivity contribution in [2.45, 2.75) is 36.0 Å².